The molecule has 1 N–H and O–H groups in total. The summed E-state index contributed by atoms with van der Waals surface area (Å²) in [5, 5.41) is 3.63. The number of aromatic nitrogens is 1. The molecule has 4 rings (SSSR count). The molecule has 1 aromatic heterocycles. The molecule has 1 saturated heterocycles. The van der Waals surface area contributed by atoms with E-state index in [1.54, 1.807) is 38.6 Å². The van der Waals surface area contributed by atoms with Crippen LogP contribution in [0, 0.1) is 5.82 Å². The van der Waals surface area contributed by atoms with Gasteiger partial charge in [0.15, 0.2) is 23.1 Å². The molecule has 2 heterocycles. The highest BCUT2D eigenvalue weighted by Gasteiger charge is 2.14. The van der Waals surface area contributed by atoms with Crippen molar-refractivity contribution in [3.05, 3.63) is 48.4 Å². The van der Waals surface area contributed by atoms with Crippen LogP contribution in [0.25, 0.3) is 10.9 Å². The van der Waals surface area contributed by atoms with Crippen LogP contribution < -0.4 is 19.5 Å². The first-order valence-electron chi connectivity index (χ1n) is 11.1. The monoisotopic (exact) mass is 439 g/mol. The molecule has 0 bridgehead atoms. The third-order valence-electron chi connectivity index (χ3n) is 5.75. The molecule has 0 radical (unpaired) electrons. The predicted octanol–water partition coefficient (Wildman–Crippen LogP) is 5.47. The van der Waals surface area contributed by atoms with Crippen molar-refractivity contribution in [2.45, 2.75) is 25.7 Å². The van der Waals surface area contributed by atoms with Crippen molar-refractivity contribution in [1.82, 2.24) is 9.88 Å². The second-order valence-electron chi connectivity index (χ2n) is 7.93. The van der Waals surface area contributed by atoms with Crippen LogP contribution >= 0.6 is 0 Å². The van der Waals surface area contributed by atoms with Crippen LogP contribution in [0.3, 0.4) is 0 Å². The number of fused-ring (bicyclic) bond motifs is 1. The number of pyridine rings is 1. The van der Waals surface area contributed by atoms with E-state index in [9.17, 15) is 4.39 Å². The van der Waals surface area contributed by atoms with Gasteiger partial charge >= 0.3 is 0 Å². The van der Waals surface area contributed by atoms with Crippen LogP contribution in [0.4, 0.5) is 10.1 Å². The summed E-state index contributed by atoms with van der Waals surface area (Å²) < 4.78 is 31.9. The number of ether oxygens (including phenoxy) is 3. The van der Waals surface area contributed by atoms with Gasteiger partial charge in [-0.1, -0.05) is 6.42 Å². The smallest absolute Gasteiger partial charge is 0.167 e. The van der Waals surface area contributed by atoms with Crippen molar-refractivity contribution in [3.63, 3.8) is 0 Å². The molecule has 1 fully saturated rings. The molecule has 3 aromatic rings. The van der Waals surface area contributed by atoms with E-state index in [4.69, 9.17) is 14.2 Å². The number of anilines is 1. The average Bonchev–Trinajstić information content (AvgIpc) is 2.83. The average molecular weight is 440 g/mol. The molecule has 0 unspecified atom stereocenters. The number of hydrogen-bond acceptors (Lipinski definition) is 6. The molecule has 0 saturated carbocycles. The summed E-state index contributed by atoms with van der Waals surface area (Å²) in [5.74, 6) is 1.45. The maximum Gasteiger partial charge on any atom is 0.167 e. The minimum Gasteiger partial charge on any atom is -0.493 e. The summed E-state index contributed by atoms with van der Waals surface area (Å²) in [4.78, 5) is 6.94. The highest BCUT2D eigenvalue weighted by atomic mass is 19.1. The Morgan fingerprint density at radius 2 is 1.84 bits per heavy atom. The van der Waals surface area contributed by atoms with Crippen LogP contribution in [0.5, 0.6) is 23.0 Å². The van der Waals surface area contributed by atoms with Gasteiger partial charge in [-0.05, 0) is 56.6 Å². The molecule has 0 aliphatic carbocycles. The van der Waals surface area contributed by atoms with E-state index in [0.717, 1.165) is 18.4 Å². The van der Waals surface area contributed by atoms with Crippen molar-refractivity contribution < 1.29 is 18.6 Å². The number of benzene rings is 2. The van der Waals surface area contributed by atoms with E-state index >= 15 is 0 Å². The number of piperidine rings is 1. The third kappa shape index (κ3) is 5.22. The fraction of sp³-hybridized carbons (Fsp3) is 0.400. The Morgan fingerprint density at radius 1 is 1.00 bits per heavy atom. The van der Waals surface area contributed by atoms with Crippen LogP contribution in [0.2, 0.25) is 0 Å². The van der Waals surface area contributed by atoms with Gasteiger partial charge in [-0.2, -0.15) is 0 Å². The Labute approximate surface area is 188 Å². The standard InChI is InChI=1S/C25H30FN3O3/c1-27-18-7-8-23(20(26)15-18)32-22-9-10-28-21-17-25(24(30-2)16-19(21)22)31-14-6-13-29-11-4-3-5-12-29/h7-10,15-17,27H,3-6,11-14H2,1-2H3. The molecular weight excluding hydrogens is 409 g/mol. The molecule has 2 aromatic carbocycles. The molecule has 0 atom stereocenters. The Bertz CT molecular complexity index is 1050. The van der Waals surface area contributed by atoms with Crippen LogP contribution in [0.15, 0.2) is 42.6 Å². The molecular formula is C25H30FN3O3. The second kappa shape index (κ2) is 10.5. The van der Waals surface area contributed by atoms with Gasteiger partial charge < -0.3 is 24.4 Å². The molecule has 6 nitrogen and oxygen atoms in total. The lowest BCUT2D eigenvalue weighted by atomic mass is 10.1. The van der Waals surface area contributed by atoms with Crippen molar-refractivity contribution in [1.29, 1.82) is 0 Å². The Morgan fingerprint density at radius 3 is 2.59 bits per heavy atom. The Hall–Kier alpha value is -3.06. The van der Waals surface area contributed by atoms with Gasteiger partial charge in [0.25, 0.3) is 0 Å². The molecule has 7 heteroatoms. The van der Waals surface area contributed by atoms with Crippen LogP contribution in [0.1, 0.15) is 25.7 Å². The van der Waals surface area contributed by atoms with E-state index in [1.807, 2.05) is 12.1 Å². The summed E-state index contributed by atoms with van der Waals surface area (Å²) in [6, 6.07) is 10.2. The largest absolute Gasteiger partial charge is 0.493 e. The zero-order valence-corrected chi connectivity index (χ0v) is 18.7. The van der Waals surface area contributed by atoms with Crippen molar-refractivity contribution in [2.24, 2.45) is 0 Å². The van der Waals surface area contributed by atoms with Gasteiger partial charge in [0.2, 0.25) is 0 Å². The molecule has 1 aliphatic rings. The fourth-order valence-electron chi connectivity index (χ4n) is 4.00. The number of halogens is 1. The highest BCUT2D eigenvalue weighted by molar-refractivity contribution is 5.88. The SMILES string of the molecule is CNc1ccc(Oc2ccnc3cc(OCCCN4CCCCC4)c(OC)cc23)c(F)c1. The second-order valence-corrected chi connectivity index (χ2v) is 7.93. The first kappa shape index (κ1) is 22.1. The van der Waals surface area contributed by atoms with E-state index in [1.165, 1.54) is 38.4 Å². The maximum atomic E-state index is 14.4. The number of rotatable bonds is 9. The van der Waals surface area contributed by atoms with E-state index in [0.29, 0.717) is 35.1 Å². The summed E-state index contributed by atoms with van der Waals surface area (Å²) in [6.07, 6.45) is 6.52. The van der Waals surface area contributed by atoms with Gasteiger partial charge in [0, 0.05) is 43.0 Å². The normalized spacial score (nSPS) is 14.3. The lowest BCUT2D eigenvalue weighted by Gasteiger charge is -2.26. The molecule has 170 valence electrons. The zero-order valence-electron chi connectivity index (χ0n) is 18.7. The van der Waals surface area contributed by atoms with Gasteiger partial charge in [-0.15, -0.1) is 0 Å². The minimum atomic E-state index is -0.442. The fourth-order valence-corrected chi connectivity index (χ4v) is 4.00. The Balaban J connectivity index is 1.49. The van der Waals surface area contributed by atoms with Gasteiger partial charge in [0.05, 0.1) is 19.2 Å². The quantitative estimate of drug-likeness (QED) is 0.446. The van der Waals surface area contributed by atoms with Gasteiger partial charge in [-0.3, -0.25) is 4.98 Å². The van der Waals surface area contributed by atoms with E-state index < -0.39 is 5.82 Å². The number of nitrogens with zero attached hydrogens (tertiary/aromatic N) is 2. The Kier molecular flexibility index (Phi) is 7.27. The number of nitrogens with one attached hydrogen (secondary N) is 1. The summed E-state index contributed by atoms with van der Waals surface area (Å²) in [5.41, 5.74) is 1.37. The van der Waals surface area contributed by atoms with Crippen LogP contribution in [-0.4, -0.2) is 50.3 Å². The van der Waals surface area contributed by atoms with Gasteiger partial charge in [0.1, 0.15) is 5.75 Å². The molecule has 0 amide bonds. The first-order chi connectivity index (χ1) is 15.7. The predicted molar refractivity (Wildman–Crippen MR) is 125 cm³/mol. The first-order valence-corrected chi connectivity index (χ1v) is 11.1. The van der Waals surface area contributed by atoms with E-state index in [2.05, 4.69) is 15.2 Å². The lowest BCUT2D eigenvalue weighted by Crippen LogP contribution is -2.31. The molecule has 1 aliphatic heterocycles. The number of methoxy groups -OCH3 is 1. The van der Waals surface area contributed by atoms with Crippen molar-refractivity contribution in [2.75, 3.05) is 45.7 Å². The van der Waals surface area contributed by atoms with Gasteiger partial charge in [-0.25, -0.2) is 4.39 Å². The topological polar surface area (TPSA) is 55.8 Å². The number of hydrogen-bond donors (Lipinski definition) is 1. The van der Waals surface area contributed by atoms with E-state index in [-0.39, 0.29) is 5.75 Å². The maximum absolute atomic E-state index is 14.4. The van der Waals surface area contributed by atoms with Crippen molar-refractivity contribution >= 4 is 16.6 Å². The number of likely N-dealkylation sites (tertiary alicyclic amines) is 1. The lowest BCUT2D eigenvalue weighted by molar-refractivity contribution is 0.203. The third-order valence-corrected chi connectivity index (χ3v) is 5.75. The summed E-state index contributed by atoms with van der Waals surface area (Å²) >= 11 is 0. The van der Waals surface area contributed by atoms with Crippen molar-refractivity contribution in [3.8, 4) is 23.0 Å². The summed E-state index contributed by atoms with van der Waals surface area (Å²) in [7, 11) is 3.35. The summed E-state index contributed by atoms with van der Waals surface area (Å²) in [6.45, 7) is 4.02. The van der Waals surface area contributed by atoms with Crippen LogP contribution in [-0.2, 0) is 0 Å². The molecule has 0 spiro atoms. The minimum absolute atomic E-state index is 0.147. The zero-order chi connectivity index (χ0) is 22.3. The highest BCUT2D eigenvalue weighted by Crippen LogP contribution is 2.37. The molecule has 32 heavy (non-hydrogen) atoms.